The van der Waals surface area contributed by atoms with Crippen molar-refractivity contribution in [1.82, 2.24) is 0 Å². The summed E-state index contributed by atoms with van der Waals surface area (Å²) in [6.07, 6.45) is 7.47. The molecule has 0 amide bonds. The molecule has 1 unspecified atom stereocenters. The summed E-state index contributed by atoms with van der Waals surface area (Å²) in [5, 5.41) is 0.504. The van der Waals surface area contributed by atoms with Gasteiger partial charge in [0.2, 0.25) is 0 Å². The lowest BCUT2D eigenvalue weighted by molar-refractivity contribution is 0.500. The number of hydrogen-bond acceptors (Lipinski definition) is 1. The van der Waals surface area contributed by atoms with E-state index in [0.29, 0.717) is 5.30 Å². The van der Waals surface area contributed by atoms with Crippen molar-refractivity contribution in [2.24, 2.45) is 0 Å². The van der Waals surface area contributed by atoms with E-state index in [1.807, 2.05) is 12.1 Å². The summed E-state index contributed by atoms with van der Waals surface area (Å²) in [5.41, 5.74) is 0. The van der Waals surface area contributed by atoms with Crippen LogP contribution >= 0.6 is 7.37 Å². The van der Waals surface area contributed by atoms with Crippen molar-refractivity contribution in [2.45, 2.75) is 39.0 Å². The Balaban J connectivity index is 2.44. The van der Waals surface area contributed by atoms with E-state index >= 15 is 0 Å². The van der Waals surface area contributed by atoms with Crippen LogP contribution < -0.4 is 5.30 Å². The zero-order valence-electron chi connectivity index (χ0n) is 10.4. The van der Waals surface area contributed by atoms with E-state index in [1.54, 1.807) is 24.3 Å². The van der Waals surface area contributed by atoms with Crippen molar-refractivity contribution < 1.29 is 9.46 Å². The molecule has 1 aromatic carbocycles. The van der Waals surface area contributed by atoms with Crippen LogP contribution in [-0.4, -0.2) is 4.89 Å². The molecule has 1 rings (SSSR count). The van der Waals surface area contributed by atoms with Gasteiger partial charge in [-0.25, -0.2) is 0 Å². The van der Waals surface area contributed by atoms with Gasteiger partial charge < -0.3 is 4.89 Å². The van der Waals surface area contributed by atoms with E-state index in [2.05, 4.69) is 6.92 Å². The van der Waals surface area contributed by atoms with Gasteiger partial charge in [0.05, 0.1) is 0 Å². The standard InChI is InChI=1S/C14H21O2P/c1-2-3-4-5-6-10-13-17(15,16)14-11-8-7-9-12-14/h7-13H,2-6H2,1H3,(H,15,16). The van der Waals surface area contributed by atoms with Crippen molar-refractivity contribution >= 4 is 12.7 Å². The van der Waals surface area contributed by atoms with Crippen LogP contribution in [0.2, 0.25) is 0 Å². The summed E-state index contributed by atoms with van der Waals surface area (Å²) in [7, 11) is -3.28. The van der Waals surface area contributed by atoms with Gasteiger partial charge in [0.15, 0.2) is 0 Å². The molecule has 0 aliphatic carbocycles. The summed E-state index contributed by atoms with van der Waals surface area (Å²) in [4.78, 5) is 9.86. The van der Waals surface area contributed by atoms with Crippen LogP contribution in [0.25, 0.3) is 0 Å². The van der Waals surface area contributed by atoms with Crippen molar-refractivity contribution in [2.75, 3.05) is 0 Å². The average molecular weight is 252 g/mol. The molecule has 0 saturated heterocycles. The Morgan fingerprint density at radius 3 is 2.53 bits per heavy atom. The Morgan fingerprint density at radius 2 is 1.88 bits per heavy atom. The first kappa shape index (κ1) is 14.2. The summed E-state index contributed by atoms with van der Waals surface area (Å²) in [6.45, 7) is 2.17. The highest BCUT2D eigenvalue weighted by molar-refractivity contribution is 7.69. The third-order valence-electron chi connectivity index (χ3n) is 2.66. The lowest BCUT2D eigenvalue weighted by atomic mass is 10.2. The summed E-state index contributed by atoms with van der Waals surface area (Å²) in [6, 6.07) is 8.81. The molecule has 0 aliphatic heterocycles. The number of unbranched alkanes of at least 4 members (excludes halogenated alkanes) is 4. The molecular weight excluding hydrogens is 231 g/mol. The van der Waals surface area contributed by atoms with Crippen LogP contribution in [0, 0.1) is 0 Å². The fourth-order valence-electron chi connectivity index (χ4n) is 1.63. The molecule has 1 N–H and O–H groups in total. The second-order valence-electron chi connectivity index (χ2n) is 4.19. The topological polar surface area (TPSA) is 37.3 Å². The average Bonchev–Trinajstić information content (AvgIpc) is 2.35. The summed E-state index contributed by atoms with van der Waals surface area (Å²) in [5.74, 6) is 1.47. The molecule has 17 heavy (non-hydrogen) atoms. The van der Waals surface area contributed by atoms with Gasteiger partial charge in [0, 0.05) is 11.1 Å². The van der Waals surface area contributed by atoms with E-state index in [0.717, 1.165) is 12.8 Å². The zero-order chi connectivity index (χ0) is 12.6. The predicted octanol–water partition coefficient (Wildman–Crippen LogP) is 4.07. The molecule has 0 fully saturated rings. The molecule has 1 atom stereocenters. The first-order valence-electron chi connectivity index (χ1n) is 6.22. The molecule has 0 radical (unpaired) electrons. The number of rotatable bonds is 7. The molecule has 0 bridgehead atoms. The Hall–Kier alpha value is -0.850. The SMILES string of the molecule is CCCCCCC=CP(=O)(O)c1ccccc1. The van der Waals surface area contributed by atoms with Gasteiger partial charge in [-0.05, 0) is 25.0 Å². The minimum absolute atomic E-state index is 0.504. The number of benzene rings is 1. The van der Waals surface area contributed by atoms with Crippen LogP contribution in [0.3, 0.4) is 0 Å². The van der Waals surface area contributed by atoms with E-state index in [4.69, 9.17) is 0 Å². The maximum Gasteiger partial charge on any atom is 0.251 e. The summed E-state index contributed by atoms with van der Waals surface area (Å²) < 4.78 is 12.0. The molecule has 94 valence electrons. The zero-order valence-corrected chi connectivity index (χ0v) is 11.3. The van der Waals surface area contributed by atoms with Crippen LogP contribution in [-0.2, 0) is 4.57 Å². The van der Waals surface area contributed by atoms with Gasteiger partial charge in [-0.3, -0.25) is 4.57 Å². The molecule has 1 aromatic rings. The third kappa shape index (κ3) is 5.34. The van der Waals surface area contributed by atoms with Crippen LogP contribution in [0.15, 0.2) is 42.2 Å². The van der Waals surface area contributed by atoms with Crippen LogP contribution in [0.4, 0.5) is 0 Å². The quantitative estimate of drug-likeness (QED) is 0.586. The van der Waals surface area contributed by atoms with E-state index < -0.39 is 7.37 Å². The Labute approximate surface area is 104 Å². The first-order chi connectivity index (χ1) is 8.17. The highest BCUT2D eigenvalue weighted by Gasteiger charge is 2.15. The van der Waals surface area contributed by atoms with Gasteiger partial charge in [-0.15, -0.1) is 0 Å². The largest absolute Gasteiger partial charge is 0.338 e. The monoisotopic (exact) mass is 252 g/mol. The third-order valence-corrected chi connectivity index (χ3v) is 4.31. The molecule has 0 aromatic heterocycles. The smallest absolute Gasteiger partial charge is 0.251 e. The highest BCUT2D eigenvalue weighted by Crippen LogP contribution is 2.40. The van der Waals surface area contributed by atoms with Gasteiger partial charge in [-0.2, -0.15) is 0 Å². The Bertz CT molecular complexity index is 384. The molecule has 0 spiro atoms. The fraction of sp³-hybridized carbons (Fsp3) is 0.429. The van der Waals surface area contributed by atoms with Crippen molar-refractivity contribution in [3.05, 3.63) is 42.2 Å². The van der Waals surface area contributed by atoms with E-state index in [1.165, 1.54) is 25.1 Å². The fourth-order valence-corrected chi connectivity index (χ4v) is 2.84. The molecule has 0 aliphatic rings. The minimum atomic E-state index is -3.28. The van der Waals surface area contributed by atoms with Gasteiger partial charge in [-0.1, -0.05) is 50.5 Å². The number of hydrogen-bond donors (Lipinski definition) is 1. The summed E-state index contributed by atoms with van der Waals surface area (Å²) >= 11 is 0. The Morgan fingerprint density at radius 1 is 1.18 bits per heavy atom. The first-order valence-corrected chi connectivity index (χ1v) is 7.95. The van der Waals surface area contributed by atoms with E-state index in [9.17, 15) is 9.46 Å². The molecule has 2 nitrogen and oxygen atoms in total. The molecule has 0 heterocycles. The van der Waals surface area contributed by atoms with Gasteiger partial charge in [0.1, 0.15) is 0 Å². The highest BCUT2D eigenvalue weighted by atomic mass is 31.2. The maximum absolute atomic E-state index is 12.0. The molecular formula is C14H21O2P. The van der Waals surface area contributed by atoms with Crippen molar-refractivity contribution in [3.8, 4) is 0 Å². The van der Waals surface area contributed by atoms with Gasteiger partial charge in [0.25, 0.3) is 7.37 Å². The van der Waals surface area contributed by atoms with Crippen LogP contribution in [0.1, 0.15) is 39.0 Å². The van der Waals surface area contributed by atoms with E-state index in [-0.39, 0.29) is 0 Å². The molecule has 3 heteroatoms. The normalized spacial score (nSPS) is 14.9. The van der Waals surface area contributed by atoms with Crippen molar-refractivity contribution in [3.63, 3.8) is 0 Å². The Kier molecular flexibility index (Phi) is 6.25. The molecule has 0 saturated carbocycles. The number of allylic oxidation sites excluding steroid dienone is 1. The van der Waals surface area contributed by atoms with Crippen molar-refractivity contribution in [1.29, 1.82) is 0 Å². The lowest BCUT2D eigenvalue weighted by Gasteiger charge is -2.06. The van der Waals surface area contributed by atoms with Crippen LogP contribution in [0.5, 0.6) is 0 Å². The maximum atomic E-state index is 12.0. The lowest BCUT2D eigenvalue weighted by Crippen LogP contribution is -2.00. The predicted molar refractivity (Wildman–Crippen MR) is 73.8 cm³/mol. The minimum Gasteiger partial charge on any atom is -0.338 e. The second-order valence-corrected chi connectivity index (χ2v) is 6.25. The second kappa shape index (κ2) is 7.47. The van der Waals surface area contributed by atoms with Gasteiger partial charge >= 0.3 is 0 Å².